The second kappa shape index (κ2) is 32.1. The van der Waals surface area contributed by atoms with E-state index in [9.17, 15) is 88.8 Å². The number of nitrogens with two attached hydrogens (primary N) is 3. The van der Waals surface area contributed by atoms with Gasteiger partial charge in [-0.2, -0.15) is 0 Å². The largest absolute Gasteiger partial charge is 0.508 e. The molecule has 0 unspecified atom stereocenters. The highest BCUT2D eigenvalue weighted by Gasteiger charge is 2.49. The Morgan fingerprint density at radius 2 is 0.941 bits per heavy atom. The van der Waals surface area contributed by atoms with Gasteiger partial charge in [-0.15, -0.1) is 0 Å². The van der Waals surface area contributed by atoms with Gasteiger partial charge >= 0.3 is 5.97 Å². The molecule has 30 nitrogen and oxygen atoms in total. The number of aliphatic hydroxyl groups excluding tert-OH is 5. The van der Waals surface area contributed by atoms with E-state index >= 15 is 0 Å². The van der Waals surface area contributed by atoms with Crippen molar-refractivity contribution in [1.29, 1.82) is 0 Å². The van der Waals surface area contributed by atoms with Crippen LogP contribution in [-0.2, 0) is 60.8 Å². The first kappa shape index (κ1) is 68.2. The van der Waals surface area contributed by atoms with Gasteiger partial charge in [-0.1, -0.05) is 24.3 Å². The molecular formula is C55H82N12O18. The van der Waals surface area contributed by atoms with Gasteiger partial charge in [0.2, 0.25) is 53.2 Å². The van der Waals surface area contributed by atoms with E-state index in [4.69, 9.17) is 17.2 Å². The van der Waals surface area contributed by atoms with E-state index in [0.717, 1.165) is 21.6 Å². The van der Waals surface area contributed by atoms with E-state index in [-0.39, 0.29) is 56.7 Å². The maximum Gasteiger partial charge on any atom is 0.326 e. The molecule has 3 aliphatic rings. The Hall–Kier alpha value is -7.58. The van der Waals surface area contributed by atoms with Gasteiger partial charge in [-0.3, -0.25) is 43.2 Å². The average Bonchev–Trinajstić information content (AvgIpc) is 2.32. The monoisotopic (exact) mass is 1200 g/mol. The molecule has 0 radical (unpaired) electrons. The fourth-order valence-electron chi connectivity index (χ4n) is 10.4. The number of rotatable bonds is 30. The van der Waals surface area contributed by atoms with E-state index in [1.54, 1.807) is 0 Å². The highest BCUT2D eigenvalue weighted by Crippen LogP contribution is 2.28. The molecule has 0 spiro atoms. The van der Waals surface area contributed by atoms with Crippen molar-refractivity contribution in [2.45, 2.75) is 169 Å². The summed E-state index contributed by atoms with van der Waals surface area (Å²) in [6.07, 6.45) is -5.50. The zero-order valence-electron chi connectivity index (χ0n) is 47.5. The van der Waals surface area contributed by atoms with Crippen LogP contribution in [0.25, 0.3) is 0 Å². The number of aliphatic carboxylic acids is 1. The first-order valence-corrected chi connectivity index (χ1v) is 28.3. The van der Waals surface area contributed by atoms with Crippen molar-refractivity contribution in [3.05, 3.63) is 59.7 Å². The lowest BCUT2D eigenvalue weighted by Crippen LogP contribution is -2.61. The summed E-state index contributed by atoms with van der Waals surface area (Å²) in [5.41, 5.74) is 17.7. The molecule has 9 amide bonds. The molecule has 0 bridgehead atoms. The van der Waals surface area contributed by atoms with Crippen molar-refractivity contribution < 1.29 is 88.8 Å². The number of likely N-dealkylation sites (tertiary alicyclic amines) is 3. The van der Waals surface area contributed by atoms with Crippen LogP contribution >= 0.6 is 0 Å². The zero-order valence-corrected chi connectivity index (χ0v) is 47.5. The van der Waals surface area contributed by atoms with E-state index in [2.05, 4.69) is 31.9 Å². The predicted molar refractivity (Wildman–Crippen MR) is 299 cm³/mol. The van der Waals surface area contributed by atoms with Crippen LogP contribution in [0.2, 0.25) is 0 Å². The summed E-state index contributed by atoms with van der Waals surface area (Å²) in [4.78, 5) is 141. The van der Waals surface area contributed by atoms with Crippen LogP contribution in [0.5, 0.6) is 11.5 Å². The lowest BCUT2D eigenvalue weighted by atomic mass is 10.0. The SMILES string of the molecule is C[C@H](N)C(=O)N[C@@H](CCCCN)C(=O)N1C[C@H](O)C[C@H]1C(=O)N[C@@H](CO)C(=O)N[C@@H](Cc1ccc(O)cc1)C(=O)N1C[C@H](O)C[C@H]1C(=O)N1C[C@H](O)C[C@H]1C(=O)N[C@H](C(=O)N[C@@H](Cc1ccc(O)cc1)C(=O)N[C@@H](CCCCN)C(=O)O)[C@@H](C)O. The number of nitrogens with one attached hydrogen (secondary N) is 6. The summed E-state index contributed by atoms with van der Waals surface area (Å²) in [6, 6.07) is -3.92. The number of carboxylic acids is 1. The lowest BCUT2D eigenvalue weighted by Gasteiger charge is -2.33. The minimum atomic E-state index is -1.84. The van der Waals surface area contributed by atoms with Crippen LogP contribution in [0.4, 0.5) is 0 Å². The number of phenolic OH excluding ortho intramolecular Hbond substituents is 2. The van der Waals surface area contributed by atoms with Gasteiger partial charge in [0.1, 0.15) is 65.9 Å². The first-order valence-electron chi connectivity index (χ1n) is 28.3. The van der Waals surface area contributed by atoms with Gasteiger partial charge < -0.3 is 105 Å². The van der Waals surface area contributed by atoms with Crippen LogP contribution < -0.4 is 49.1 Å². The van der Waals surface area contributed by atoms with Crippen LogP contribution in [0.15, 0.2) is 48.5 Å². The van der Waals surface area contributed by atoms with Crippen LogP contribution in [0.3, 0.4) is 0 Å². The van der Waals surface area contributed by atoms with Gasteiger partial charge in [0, 0.05) is 51.7 Å². The number of carboxylic acid groups (broad SMARTS) is 1. The molecule has 20 N–H and O–H groups in total. The van der Waals surface area contributed by atoms with E-state index < -0.39 is 177 Å². The lowest BCUT2D eigenvalue weighted by molar-refractivity contribution is -0.148. The van der Waals surface area contributed by atoms with Crippen LogP contribution in [0.1, 0.15) is 82.8 Å². The molecule has 85 heavy (non-hydrogen) atoms. The van der Waals surface area contributed by atoms with Gasteiger partial charge in [0.15, 0.2) is 0 Å². The summed E-state index contributed by atoms with van der Waals surface area (Å²) in [5.74, 6) is -10.2. The molecule has 0 aliphatic carbocycles. The Bertz CT molecular complexity index is 2650. The molecule has 2 aromatic rings. The minimum Gasteiger partial charge on any atom is -0.508 e. The Labute approximate surface area is 490 Å². The molecule has 470 valence electrons. The van der Waals surface area contributed by atoms with Gasteiger partial charge in [0.05, 0.1) is 37.1 Å². The second-order valence-electron chi connectivity index (χ2n) is 21.8. The molecule has 3 aliphatic heterocycles. The summed E-state index contributed by atoms with van der Waals surface area (Å²) in [5, 5.41) is 98.5. The normalized spacial score (nSPS) is 22.2. The topological polar surface area (TPSA) is 492 Å². The average molecular weight is 1200 g/mol. The maximum absolute atomic E-state index is 14.8. The fourth-order valence-corrected chi connectivity index (χ4v) is 10.4. The number of carbonyl (C=O) groups is 10. The Kier molecular flexibility index (Phi) is 25.7. The number of aromatic hydroxyl groups is 2. The molecule has 3 saturated heterocycles. The van der Waals surface area contributed by atoms with Crippen LogP contribution in [0, 0.1) is 0 Å². The second-order valence-corrected chi connectivity index (χ2v) is 21.8. The van der Waals surface area contributed by atoms with Crippen LogP contribution in [-0.4, -0.2) is 239 Å². The van der Waals surface area contributed by atoms with E-state index in [0.29, 0.717) is 43.4 Å². The number of benzene rings is 2. The van der Waals surface area contributed by atoms with Crippen molar-refractivity contribution in [1.82, 2.24) is 46.6 Å². The number of unbranched alkanes of at least 4 members (excludes halogenated alkanes) is 2. The van der Waals surface area contributed by atoms with Crippen molar-refractivity contribution in [2.75, 3.05) is 39.3 Å². The first-order chi connectivity index (χ1) is 40.3. The van der Waals surface area contributed by atoms with Gasteiger partial charge in [-0.25, -0.2) is 4.79 Å². The number of carbonyl (C=O) groups excluding carboxylic acids is 9. The number of hydrogen-bond donors (Lipinski definition) is 17. The Morgan fingerprint density at radius 1 is 0.529 bits per heavy atom. The number of β-amino-alcohol motifs (C(OH)–C–C–N with tert-alkyl or cyclic N) is 3. The number of amides is 9. The fraction of sp³-hybridized carbons (Fsp3) is 0.600. The van der Waals surface area contributed by atoms with Gasteiger partial charge in [0.25, 0.3) is 0 Å². The molecule has 3 heterocycles. The third kappa shape index (κ3) is 19.2. The number of hydrogen-bond acceptors (Lipinski definition) is 20. The molecule has 5 rings (SSSR count). The molecule has 3 fully saturated rings. The summed E-state index contributed by atoms with van der Waals surface area (Å²) in [7, 11) is 0. The predicted octanol–water partition coefficient (Wildman–Crippen LogP) is -6.26. The Balaban J connectivity index is 1.35. The minimum absolute atomic E-state index is 0.000396. The maximum atomic E-state index is 14.8. The Morgan fingerprint density at radius 3 is 1.44 bits per heavy atom. The zero-order chi connectivity index (χ0) is 62.8. The third-order valence-corrected chi connectivity index (χ3v) is 15.0. The number of nitrogens with zero attached hydrogens (tertiary/aromatic N) is 3. The molecule has 2 aromatic carbocycles. The molecule has 30 heteroatoms. The summed E-state index contributed by atoms with van der Waals surface area (Å²) < 4.78 is 0. The smallest absolute Gasteiger partial charge is 0.326 e. The summed E-state index contributed by atoms with van der Waals surface area (Å²) in [6.45, 7) is 0.726. The van der Waals surface area contributed by atoms with Crippen molar-refractivity contribution in [3.8, 4) is 11.5 Å². The number of aliphatic hydroxyl groups is 5. The summed E-state index contributed by atoms with van der Waals surface area (Å²) >= 11 is 0. The molecule has 0 saturated carbocycles. The van der Waals surface area contributed by atoms with Crippen molar-refractivity contribution in [3.63, 3.8) is 0 Å². The van der Waals surface area contributed by atoms with Crippen molar-refractivity contribution in [2.24, 2.45) is 17.2 Å². The molecular weight excluding hydrogens is 1120 g/mol. The standard InChI is InChI=1S/C55H82N12O18/c1-28(58)46(75)59-37(7-3-5-17-56)52(81)65-24-34(72)21-42(65)49(78)63-41(27-68)48(77)62-40(20-31-11-15-33(71)16-12-31)53(82)67-26-36(74)23-44(67)54(83)66-25-35(73)22-43(66)50(79)64-45(29(2)69)51(80)61-39(19-30-9-13-32(70)14-10-30)47(76)60-38(55(84)85)8-4-6-18-57/h9-16,28-29,34-45,68-74H,3-8,17-27,56-58H2,1-2H3,(H,59,75)(H,60,76)(H,61,80)(H,62,77)(H,63,78)(H,64,79)(H,84,85)/t28-,29+,34+,35+,36+,37-,38-,39-,40-,41-,42-,43-,44-,45-/m0/s1. The van der Waals surface area contributed by atoms with E-state index in [1.165, 1.54) is 55.5 Å². The quantitative estimate of drug-likeness (QED) is 0.0324. The van der Waals surface area contributed by atoms with Gasteiger partial charge in [-0.05, 0) is 101 Å². The highest BCUT2D eigenvalue weighted by atomic mass is 16.4. The third-order valence-electron chi connectivity index (χ3n) is 15.0. The van der Waals surface area contributed by atoms with E-state index in [1.807, 2.05) is 0 Å². The number of phenols is 2. The van der Waals surface area contributed by atoms with Crippen molar-refractivity contribution >= 4 is 59.1 Å². The molecule has 14 atom stereocenters. The molecule has 0 aromatic heterocycles. The highest BCUT2D eigenvalue weighted by molar-refractivity contribution is 5.99.